The molecule has 0 radical (unpaired) electrons. The number of benzene rings is 2. The van der Waals surface area contributed by atoms with Gasteiger partial charge in [0.25, 0.3) is 0 Å². The lowest BCUT2D eigenvalue weighted by atomic mass is 9.76. The van der Waals surface area contributed by atoms with Gasteiger partial charge in [0.05, 0.1) is 23.5 Å². The van der Waals surface area contributed by atoms with Gasteiger partial charge in [0.15, 0.2) is 5.54 Å². The molecule has 5 rings (SSSR count). The zero-order valence-electron chi connectivity index (χ0n) is 21.1. The number of amides is 2. The number of aliphatic hydroxyl groups excluding tert-OH is 1. The molecule has 5 unspecified atom stereocenters. The van der Waals surface area contributed by atoms with Crippen molar-refractivity contribution in [3.8, 4) is 11.5 Å². The van der Waals surface area contributed by atoms with E-state index in [1.54, 1.807) is 12.1 Å². The van der Waals surface area contributed by atoms with Gasteiger partial charge < -0.3 is 14.9 Å². The number of nitrogens with zero attached hydrogens (tertiary/aromatic N) is 1. The minimum atomic E-state index is -4.55. The van der Waals surface area contributed by atoms with Crippen molar-refractivity contribution < 1.29 is 42.5 Å². The third-order valence-electron chi connectivity index (χ3n) is 8.20. The summed E-state index contributed by atoms with van der Waals surface area (Å²) in [6, 6.07) is 9.30. The predicted octanol–water partition coefficient (Wildman–Crippen LogP) is 4.28. The fourth-order valence-electron chi connectivity index (χ4n) is 6.35. The third-order valence-corrected chi connectivity index (χ3v) is 8.20. The maximum atomic E-state index is 13.8. The molecule has 2 amide bonds. The van der Waals surface area contributed by atoms with Crippen molar-refractivity contribution in [3.05, 3.63) is 59.7 Å². The van der Waals surface area contributed by atoms with Gasteiger partial charge in [0, 0.05) is 12.1 Å². The second kappa shape index (κ2) is 9.95. The molecule has 1 saturated carbocycles. The highest BCUT2D eigenvalue weighted by Gasteiger charge is 2.70. The number of carboxylic acid groups (broad SMARTS) is 1. The lowest BCUT2D eigenvalue weighted by Gasteiger charge is -2.36. The number of alkyl halides is 3. The number of aliphatic carboxylic acids is 1. The van der Waals surface area contributed by atoms with E-state index in [0.29, 0.717) is 18.4 Å². The number of aliphatic hydroxyl groups is 1. The number of halogens is 3. The van der Waals surface area contributed by atoms with Gasteiger partial charge in [-0.05, 0) is 55.7 Å². The number of carbonyl (C=O) groups is 3. The number of rotatable bonds is 6. The first kappa shape index (κ1) is 27.1. The molecule has 0 bridgehead atoms. The van der Waals surface area contributed by atoms with Crippen LogP contribution in [0.1, 0.15) is 56.2 Å². The smallest absolute Gasteiger partial charge is 0.416 e. The van der Waals surface area contributed by atoms with Crippen LogP contribution in [0.3, 0.4) is 0 Å². The standard InChI is InChI=1S/C28H29F3N2O6/c1-15(34)27(26(37)38)22-21(24(35)33(25(22)36)18-9-3-2-4-10-18)23(32-27)16-7-5-11-19(13-16)39-20-12-6-8-17(14-20)28(29,30)31/h5-8,11-15,18,21-23,32,34H,2-4,9-10H2,1H3,(H,37,38). The number of hydrogen-bond donors (Lipinski definition) is 3. The van der Waals surface area contributed by atoms with Crippen molar-refractivity contribution in [2.75, 3.05) is 0 Å². The molecule has 8 nitrogen and oxygen atoms in total. The van der Waals surface area contributed by atoms with Crippen molar-refractivity contribution in [1.82, 2.24) is 10.2 Å². The molecule has 2 heterocycles. The molecule has 0 aromatic heterocycles. The van der Waals surface area contributed by atoms with E-state index in [2.05, 4.69) is 5.32 Å². The van der Waals surface area contributed by atoms with E-state index in [1.165, 1.54) is 36.1 Å². The minimum absolute atomic E-state index is 0.0568. The van der Waals surface area contributed by atoms with Crippen LogP contribution in [0.4, 0.5) is 13.2 Å². The molecule has 1 aliphatic carbocycles. The van der Waals surface area contributed by atoms with Crippen LogP contribution in [0.2, 0.25) is 0 Å². The van der Waals surface area contributed by atoms with Gasteiger partial charge in [-0.15, -0.1) is 0 Å². The molecule has 0 spiro atoms. The fraction of sp³-hybridized carbons (Fsp3) is 0.464. The number of likely N-dealkylation sites (tertiary alicyclic amines) is 1. The van der Waals surface area contributed by atoms with Crippen LogP contribution in [-0.4, -0.2) is 50.6 Å². The summed E-state index contributed by atoms with van der Waals surface area (Å²) in [6.07, 6.45) is -2.07. The molecule has 2 aliphatic heterocycles. The Morgan fingerprint density at radius 2 is 1.69 bits per heavy atom. The van der Waals surface area contributed by atoms with Crippen molar-refractivity contribution >= 4 is 17.8 Å². The van der Waals surface area contributed by atoms with E-state index in [4.69, 9.17) is 4.74 Å². The Bertz CT molecular complexity index is 1290. The zero-order valence-corrected chi connectivity index (χ0v) is 21.1. The third kappa shape index (κ3) is 4.57. The summed E-state index contributed by atoms with van der Waals surface area (Å²) in [4.78, 5) is 41.3. The maximum Gasteiger partial charge on any atom is 0.416 e. The van der Waals surface area contributed by atoms with E-state index in [9.17, 15) is 37.8 Å². The second-order valence-corrected chi connectivity index (χ2v) is 10.5. The Labute approximate surface area is 222 Å². The summed E-state index contributed by atoms with van der Waals surface area (Å²) in [7, 11) is 0. The summed E-state index contributed by atoms with van der Waals surface area (Å²) in [5.41, 5.74) is -2.58. The number of ether oxygens (including phenoxy) is 1. The van der Waals surface area contributed by atoms with E-state index in [1.807, 2.05) is 0 Å². The summed E-state index contributed by atoms with van der Waals surface area (Å²) in [6.45, 7) is 1.27. The molecule has 3 aliphatic rings. The molecule has 2 aromatic rings. The van der Waals surface area contributed by atoms with E-state index in [-0.39, 0.29) is 17.5 Å². The van der Waals surface area contributed by atoms with E-state index < -0.39 is 59.0 Å². The Hall–Kier alpha value is -3.44. The predicted molar refractivity (Wildman–Crippen MR) is 132 cm³/mol. The average molecular weight is 547 g/mol. The number of nitrogens with one attached hydrogen (secondary N) is 1. The normalized spacial score (nSPS) is 28.4. The highest BCUT2D eigenvalue weighted by atomic mass is 19.4. The molecular weight excluding hydrogens is 517 g/mol. The molecule has 2 saturated heterocycles. The molecular formula is C28H29F3N2O6. The minimum Gasteiger partial charge on any atom is -0.480 e. The molecule has 2 aromatic carbocycles. The van der Waals surface area contributed by atoms with Gasteiger partial charge >= 0.3 is 12.1 Å². The molecule has 11 heteroatoms. The number of imide groups is 1. The van der Waals surface area contributed by atoms with Gasteiger partial charge in [-0.25, -0.2) is 0 Å². The number of carbonyl (C=O) groups excluding carboxylic acids is 2. The van der Waals surface area contributed by atoms with Gasteiger partial charge in [0.1, 0.15) is 11.5 Å². The molecule has 5 atom stereocenters. The SMILES string of the molecule is CC(O)C1(C(=O)O)NC(c2cccc(Oc3cccc(C(F)(F)F)c3)c2)C2C(=O)N(C3CCCCC3)C(=O)C21. The van der Waals surface area contributed by atoms with Gasteiger partial charge in [0.2, 0.25) is 11.8 Å². The lowest BCUT2D eigenvalue weighted by Crippen LogP contribution is -2.62. The maximum absolute atomic E-state index is 13.8. The summed E-state index contributed by atoms with van der Waals surface area (Å²) in [5, 5.41) is 23.9. The fourth-order valence-corrected chi connectivity index (χ4v) is 6.35. The Balaban J connectivity index is 1.51. The van der Waals surface area contributed by atoms with Crippen LogP contribution in [0.25, 0.3) is 0 Å². The summed E-state index contributed by atoms with van der Waals surface area (Å²) < 4.78 is 45.1. The Morgan fingerprint density at radius 1 is 1.05 bits per heavy atom. The quantitative estimate of drug-likeness (QED) is 0.463. The van der Waals surface area contributed by atoms with Crippen LogP contribution < -0.4 is 10.1 Å². The number of carboxylic acids is 1. The van der Waals surface area contributed by atoms with Gasteiger partial charge in [-0.1, -0.05) is 37.5 Å². The monoisotopic (exact) mass is 546 g/mol. The Kier molecular flexibility index (Phi) is 6.92. The number of fused-ring (bicyclic) bond motifs is 1. The van der Waals surface area contributed by atoms with Crippen LogP contribution >= 0.6 is 0 Å². The zero-order chi connectivity index (χ0) is 28.1. The molecule has 39 heavy (non-hydrogen) atoms. The lowest BCUT2D eigenvalue weighted by molar-refractivity contribution is -0.157. The van der Waals surface area contributed by atoms with Crippen molar-refractivity contribution in [3.63, 3.8) is 0 Å². The first-order valence-corrected chi connectivity index (χ1v) is 13.0. The average Bonchev–Trinajstić information content (AvgIpc) is 3.39. The first-order valence-electron chi connectivity index (χ1n) is 13.0. The highest BCUT2D eigenvalue weighted by molar-refractivity contribution is 6.10. The van der Waals surface area contributed by atoms with Crippen LogP contribution in [0, 0.1) is 11.8 Å². The summed E-state index contributed by atoms with van der Waals surface area (Å²) >= 11 is 0. The first-order chi connectivity index (χ1) is 18.4. The van der Waals surface area contributed by atoms with Gasteiger partial charge in [-0.3, -0.25) is 24.6 Å². The number of hydrogen-bond acceptors (Lipinski definition) is 6. The Morgan fingerprint density at radius 3 is 2.31 bits per heavy atom. The molecule has 3 fully saturated rings. The largest absolute Gasteiger partial charge is 0.480 e. The van der Waals surface area contributed by atoms with Crippen molar-refractivity contribution in [2.45, 2.75) is 68.9 Å². The van der Waals surface area contributed by atoms with E-state index in [0.717, 1.165) is 31.4 Å². The van der Waals surface area contributed by atoms with Crippen LogP contribution in [0.15, 0.2) is 48.5 Å². The summed E-state index contributed by atoms with van der Waals surface area (Å²) in [5.74, 6) is -4.85. The second-order valence-electron chi connectivity index (χ2n) is 10.5. The highest BCUT2D eigenvalue weighted by Crippen LogP contribution is 2.51. The van der Waals surface area contributed by atoms with E-state index >= 15 is 0 Å². The topological polar surface area (TPSA) is 116 Å². The van der Waals surface area contributed by atoms with Crippen LogP contribution in [-0.2, 0) is 20.6 Å². The van der Waals surface area contributed by atoms with Crippen LogP contribution in [0.5, 0.6) is 11.5 Å². The van der Waals surface area contributed by atoms with Crippen molar-refractivity contribution in [2.24, 2.45) is 11.8 Å². The molecule has 3 N–H and O–H groups in total. The van der Waals surface area contributed by atoms with Gasteiger partial charge in [-0.2, -0.15) is 13.2 Å². The molecule has 208 valence electrons. The van der Waals surface area contributed by atoms with Crippen molar-refractivity contribution in [1.29, 1.82) is 0 Å².